The highest BCUT2D eigenvalue weighted by Gasteiger charge is 2.02. The Morgan fingerprint density at radius 2 is 1.61 bits per heavy atom. The first-order valence-electron chi connectivity index (χ1n) is 5.94. The predicted octanol–water partition coefficient (Wildman–Crippen LogP) is 2.13. The third-order valence-electron chi connectivity index (χ3n) is 2.17. The van der Waals surface area contributed by atoms with Gasteiger partial charge in [0.05, 0.1) is 13.2 Å². The van der Waals surface area contributed by atoms with Crippen molar-refractivity contribution >= 4 is 11.9 Å². The van der Waals surface area contributed by atoms with Gasteiger partial charge in [0, 0.05) is 5.57 Å². The van der Waals surface area contributed by atoms with Crippen molar-refractivity contribution in [3.05, 3.63) is 24.4 Å². The van der Waals surface area contributed by atoms with E-state index in [1.54, 1.807) is 6.92 Å². The Hall–Kier alpha value is -1.78. The summed E-state index contributed by atoms with van der Waals surface area (Å²) < 4.78 is 9.99. The molecular weight excluding hydrogens is 232 g/mol. The van der Waals surface area contributed by atoms with E-state index in [9.17, 15) is 4.79 Å². The van der Waals surface area contributed by atoms with Crippen molar-refractivity contribution in [2.45, 2.75) is 32.6 Å². The minimum atomic E-state index is -0.548. The van der Waals surface area contributed by atoms with E-state index >= 15 is 0 Å². The number of carbonyl (C=O) groups excluding carboxylic acids is 1. The second-order valence-corrected chi connectivity index (χ2v) is 4.03. The first kappa shape index (κ1) is 16.2. The number of ether oxygens (including phenoxy) is 2. The van der Waals surface area contributed by atoms with Crippen molar-refractivity contribution in [1.82, 2.24) is 0 Å². The number of esters is 1. The summed E-state index contributed by atoms with van der Waals surface area (Å²) in [5, 5.41) is 7.38. The third-order valence-corrected chi connectivity index (χ3v) is 2.17. The smallest absolute Gasteiger partial charge is 0.353 e. The maximum absolute atomic E-state index is 10.9. The highest BCUT2D eigenvalue weighted by atomic mass is 16.5. The molecule has 0 amide bonds. The molecule has 102 valence electrons. The van der Waals surface area contributed by atoms with Crippen molar-refractivity contribution in [3.63, 3.8) is 0 Å². The average molecular weight is 254 g/mol. The van der Waals surface area contributed by atoms with Crippen LogP contribution in [0.4, 0.5) is 0 Å². The lowest BCUT2D eigenvalue weighted by molar-refractivity contribution is -0.139. The maximum Gasteiger partial charge on any atom is 0.353 e. The molecule has 0 spiro atoms. The van der Waals surface area contributed by atoms with E-state index in [4.69, 9.17) is 20.6 Å². The number of hydrogen-bond acceptors (Lipinski definition) is 5. The number of carbonyl (C=O) groups is 1. The van der Waals surface area contributed by atoms with Gasteiger partial charge in [0.2, 0.25) is 5.90 Å². The van der Waals surface area contributed by atoms with E-state index in [2.05, 4.69) is 13.2 Å². The minimum absolute atomic E-state index is 0.0679. The zero-order valence-corrected chi connectivity index (χ0v) is 11.0. The SMILES string of the molecule is C=C(C)C(=N)OCCCCCCOC(=O)C(=C)N. The molecule has 0 unspecified atom stereocenters. The van der Waals surface area contributed by atoms with Crippen LogP contribution >= 0.6 is 0 Å². The first-order valence-corrected chi connectivity index (χ1v) is 5.94. The number of hydrogen-bond donors (Lipinski definition) is 2. The van der Waals surface area contributed by atoms with Crippen molar-refractivity contribution in [3.8, 4) is 0 Å². The van der Waals surface area contributed by atoms with Gasteiger partial charge in [0.25, 0.3) is 0 Å². The van der Waals surface area contributed by atoms with Crippen LogP contribution in [-0.2, 0) is 14.3 Å². The molecule has 0 aromatic carbocycles. The summed E-state index contributed by atoms with van der Waals surface area (Å²) in [7, 11) is 0. The van der Waals surface area contributed by atoms with Crippen molar-refractivity contribution < 1.29 is 14.3 Å². The van der Waals surface area contributed by atoms with Gasteiger partial charge in [-0.3, -0.25) is 5.41 Å². The molecule has 0 saturated carbocycles. The van der Waals surface area contributed by atoms with Gasteiger partial charge in [0.1, 0.15) is 5.70 Å². The first-order chi connectivity index (χ1) is 8.45. The van der Waals surface area contributed by atoms with Gasteiger partial charge in [-0.15, -0.1) is 0 Å². The van der Waals surface area contributed by atoms with Gasteiger partial charge in [-0.2, -0.15) is 0 Å². The molecule has 0 aliphatic carbocycles. The standard InChI is InChI=1S/C13H22N2O3/c1-10(2)12(15)17-8-6-4-5-7-9-18-13(16)11(3)14/h15H,1,3-9,14H2,2H3. The molecule has 0 aromatic rings. The summed E-state index contributed by atoms with van der Waals surface area (Å²) in [6.45, 7) is 9.51. The lowest BCUT2D eigenvalue weighted by Crippen LogP contribution is -2.14. The largest absolute Gasteiger partial charge is 0.478 e. The molecule has 0 aliphatic heterocycles. The van der Waals surface area contributed by atoms with Crippen molar-refractivity contribution in [2.24, 2.45) is 5.73 Å². The third kappa shape index (κ3) is 8.38. The Balaban J connectivity index is 3.32. The Kier molecular flexibility index (Phi) is 8.35. The molecular formula is C13H22N2O3. The fourth-order valence-corrected chi connectivity index (χ4v) is 1.11. The van der Waals surface area contributed by atoms with Gasteiger partial charge in [-0.05, 0) is 32.6 Å². The molecule has 0 aromatic heterocycles. The second-order valence-electron chi connectivity index (χ2n) is 4.03. The van der Waals surface area contributed by atoms with E-state index < -0.39 is 5.97 Å². The molecule has 0 radical (unpaired) electrons. The lowest BCUT2D eigenvalue weighted by atomic mass is 10.2. The Morgan fingerprint density at radius 3 is 2.06 bits per heavy atom. The van der Waals surface area contributed by atoms with E-state index in [1.165, 1.54) is 0 Å². The van der Waals surface area contributed by atoms with Crippen LogP contribution in [0, 0.1) is 5.41 Å². The van der Waals surface area contributed by atoms with Crippen LogP contribution in [0.25, 0.3) is 0 Å². The molecule has 5 heteroatoms. The molecule has 0 saturated heterocycles. The summed E-state index contributed by atoms with van der Waals surface area (Å²) >= 11 is 0. The van der Waals surface area contributed by atoms with Gasteiger partial charge in [-0.25, -0.2) is 4.79 Å². The van der Waals surface area contributed by atoms with Gasteiger partial charge in [-0.1, -0.05) is 13.2 Å². The van der Waals surface area contributed by atoms with E-state index in [-0.39, 0.29) is 11.6 Å². The number of nitrogens with two attached hydrogens (primary N) is 1. The minimum Gasteiger partial charge on any atom is -0.478 e. The van der Waals surface area contributed by atoms with Crippen molar-refractivity contribution in [1.29, 1.82) is 5.41 Å². The summed E-state index contributed by atoms with van der Waals surface area (Å²) in [6.07, 6.45) is 3.56. The maximum atomic E-state index is 10.9. The highest BCUT2D eigenvalue weighted by Crippen LogP contribution is 2.02. The zero-order valence-electron chi connectivity index (χ0n) is 11.0. The molecule has 0 atom stereocenters. The number of unbranched alkanes of at least 4 members (excludes halogenated alkanes) is 3. The Morgan fingerprint density at radius 1 is 1.11 bits per heavy atom. The average Bonchev–Trinajstić information content (AvgIpc) is 2.31. The molecule has 3 N–H and O–H groups in total. The highest BCUT2D eigenvalue weighted by molar-refractivity contribution is 5.89. The van der Waals surface area contributed by atoms with Crippen LogP contribution in [0.5, 0.6) is 0 Å². The van der Waals surface area contributed by atoms with Crippen molar-refractivity contribution in [2.75, 3.05) is 13.2 Å². The predicted molar refractivity (Wildman–Crippen MR) is 71.2 cm³/mol. The summed E-state index contributed by atoms with van der Waals surface area (Å²) in [6, 6.07) is 0. The van der Waals surface area contributed by atoms with Crippen LogP contribution in [0.2, 0.25) is 0 Å². The Bertz CT molecular complexity index is 292. The second kappa shape index (κ2) is 9.27. The van der Waals surface area contributed by atoms with Crippen LogP contribution in [0.15, 0.2) is 24.4 Å². The van der Waals surface area contributed by atoms with Crippen LogP contribution in [-0.4, -0.2) is 25.1 Å². The summed E-state index contributed by atoms with van der Waals surface area (Å²) in [4.78, 5) is 10.9. The summed E-state index contributed by atoms with van der Waals surface area (Å²) in [5.41, 5.74) is 5.72. The number of rotatable bonds is 9. The van der Waals surface area contributed by atoms with Crippen LogP contribution in [0.3, 0.4) is 0 Å². The summed E-state index contributed by atoms with van der Waals surface area (Å²) in [5.74, 6) is -0.404. The fourth-order valence-electron chi connectivity index (χ4n) is 1.11. The molecule has 0 fully saturated rings. The van der Waals surface area contributed by atoms with Gasteiger partial charge < -0.3 is 15.2 Å². The zero-order chi connectivity index (χ0) is 14.0. The molecule has 0 heterocycles. The fraction of sp³-hybridized carbons (Fsp3) is 0.538. The van der Waals surface area contributed by atoms with Gasteiger partial charge in [0.15, 0.2) is 0 Å². The normalized spacial score (nSPS) is 9.61. The Labute approximate surface area is 108 Å². The topological polar surface area (TPSA) is 85.4 Å². The number of nitrogens with one attached hydrogen (secondary N) is 1. The van der Waals surface area contributed by atoms with Gasteiger partial charge >= 0.3 is 5.97 Å². The quantitative estimate of drug-likeness (QED) is 0.217. The molecule has 5 nitrogen and oxygen atoms in total. The molecule has 0 aliphatic rings. The lowest BCUT2D eigenvalue weighted by Gasteiger charge is -2.07. The van der Waals surface area contributed by atoms with E-state index in [0.717, 1.165) is 25.7 Å². The monoisotopic (exact) mass is 254 g/mol. The van der Waals surface area contributed by atoms with Crippen LogP contribution in [0.1, 0.15) is 32.6 Å². The van der Waals surface area contributed by atoms with E-state index in [1.807, 2.05) is 0 Å². The molecule has 0 bridgehead atoms. The van der Waals surface area contributed by atoms with Crippen LogP contribution < -0.4 is 5.73 Å². The molecule has 0 rings (SSSR count). The molecule has 18 heavy (non-hydrogen) atoms. The van der Waals surface area contributed by atoms with E-state index in [0.29, 0.717) is 18.8 Å².